The summed E-state index contributed by atoms with van der Waals surface area (Å²) in [6.45, 7) is 0. The Morgan fingerprint density at radius 2 is 1.16 bits per heavy atom. The van der Waals surface area contributed by atoms with Crippen molar-refractivity contribution in [3.8, 4) is 0 Å². The summed E-state index contributed by atoms with van der Waals surface area (Å²) in [5.41, 5.74) is -0.250. The standard InChI is InChI=1S/C15H10N4O6/c20-14-9-15(21)17(11-4-2-6-13(8-11)19(24)25)16(14)10-3-1-5-12(7-10)18(22)23/h1-8H,9H2. The summed E-state index contributed by atoms with van der Waals surface area (Å²) in [7, 11) is 0. The van der Waals surface area contributed by atoms with Crippen LogP contribution in [-0.2, 0) is 9.59 Å². The molecule has 10 nitrogen and oxygen atoms in total. The van der Waals surface area contributed by atoms with Gasteiger partial charge in [0.05, 0.1) is 21.2 Å². The molecule has 10 heteroatoms. The highest BCUT2D eigenvalue weighted by Crippen LogP contribution is 2.32. The topological polar surface area (TPSA) is 127 Å². The number of hydrazine groups is 1. The quantitative estimate of drug-likeness (QED) is 0.476. The summed E-state index contributed by atoms with van der Waals surface area (Å²) < 4.78 is 0. The monoisotopic (exact) mass is 342 g/mol. The molecule has 0 atom stereocenters. The van der Waals surface area contributed by atoms with Gasteiger partial charge in [0, 0.05) is 24.3 Å². The summed E-state index contributed by atoms with van der Waals surface area (Å²) in [5, 5.41) is 23.8. The van der Waals surface area contributed by atoms with Crippen LogP contribution in [0.5, 0.6) is 0 Å². The van der Waals surface area contributed by atoms with Gasteiger partial charge in [-0.3, -0.25) is 29.8 Å². The van der Waals surface area contributed by atoms with E-state index in [0.29, 0.717) is 0 Å². The van der Waals surface area contributed by atoms with Crippen LogP contribution in [0.15, 0.2) is 48.5 Å². The number of benzene rings is 2. The molecule has 126 valence electrons. The number of non-ortho nitro benzene ring substituents is 2. The van der Waals surface area contributed by atoms with Crippen LogP contribution < -0.4 is 10.0 Å². The molecule has 1 heterocycles. The predicted octanol–water partition coefficient (Wildman–Crippen LogP) is 2.19. The zero-order valence-electron chi connectivity index (χ0n) is 12.6. The molecule has 25 heavy (non-hydrogen) atoms. The van der Waals surface area contributed by atoms with Crippen LogP contribution in [0.4, 0.5) is 22.7 Å². The molecule has 0 N–H and O–H groups in total. The fourth-order valence-corrected chi connectivity index (χ4v) is 2.50. The summed E-state index contributed by atoms with van der Waals surface area (Å²) in [4.78, 5) is 45.1. The number of hydrogen-bond acceptors (Lipinski definition) is 6. The first-order chi connectivity index (χ1) is 11.9. The molecule has 2 amide bonds. The van der Waals surface area contributed by atoms with Crippen molar-refractivity contribution in [2.24, 2.45) is 0 Å². The Kier molecular flexibility index (Phi) is 3.85. The molecule has 1 aliphatic rings. The van der Waals surface area contributed by atoms with Crippen LogP contribution in [-0.4, -0.2) is 21.7 Å². The van der Waals surface area contributed by atoms with Crippen LogP contribution in [0, 0.1) is 20.2 Å². The fourth-order valence-electron chi connectivity index (χ4n) is 2.50. The Balaban J connectivity index is 2.08. The van der Waals surface area contributed by atoms with E-state index in [1.54, 1.807) is 0 Å². The van der Waals surface area contributed by atoms with Gasteiger partial charge in [0.1, 0.15) is 6.42 Å². The van der Waals surface area contributed by atoms with Gasteiger partial charge >= 0.3 is 0 Å². The molecule has 0 radical (unpaired) electrons. The van der Waals surface area contributed by atoms with Gasteiger partial charge in [0.25, 0.3) is 23.2 Å². The third kappa shape index (κ3) is 2.87. The van der Waals surface area contributed by atoms with Gasteiger partial charge in [-0.15, -0.1) is 0 Å². The van der Waals surface area contributed by atoms with Crippen LogP contribution in [0.1, 0.15) is 6.42 Å². The number of carbonyl (C=O) groups is 2. The minimum absolute atomic E-state index is 0.122. The first kappa shape index (κ1) is 16.1. The van der Waals surface area contributed by atoms with E-state index in [4.69, 9.17) is 0 Å². The summed E-state index contributed by atoms with van der Waals surface area (Å²) >= 11 is 0. The molecule has 0 unspecified atom stereocenters. The maximum absolute atomic E-state index is 12.2. The summed E-state index contributed by atoms with van der Waals surface area (Å²) in [6.07, 6.45) is -0.439. The highest BCUT2D eigenvalue weighted by atomic mass is 16.6. The van der Waals surface area contributed by atoms with Gasteiger partial charge < -0.3 is 0 Å². The molecular formula is C15H10N4O6. The number of nitrogens with zero attached hydrogens (tertiary/aromatic N) is 4. The van der Waals surface area contributed by atoms with Gasteiger partial charge in [-0.25, -0.2) is 10.0 Å². The average Bonchev–Trinajstić information content (AvgIpc) is 2.89. The largest absolute Gasteiger partial charge is 0.272 e. The van der Waals surface area contributed by atoms with Gasteiger partial charge in [-0.05, 0) is 12.1 Å². The highest BCUT2D eigenvalue weighted by Gasteiger charge is 2.38. The zero-order chi connectivity index (χ0) is 18.1. The van der Waals surface area contributed by atoms with Crippen molar-refractivity contribution in [2.45, 2.75) is 6.42 Å². The lowest BCUT2D eigenvalue weighted by Gasteiger charge is -2.27. The minimum atomic E-state index is -0.621. The zero-order valence-corrected chi connectivity index (χ0v) is 12.6. The molecule has 1 saturated heterocycles. The van der Waals surface area contributed by atoms with E-state index in [2.05, 4.69) is 0 Å². The van der Waals surface area contributed by atoms with Gasteiger partial charge in [-0.2, -0.15) is 0 Å². The second-order valence-electron chi connectivity index (χ2n) is 5.14. The van der Waals surface area contributed by atoms with Crippen LogP contribution in [0.2, 0.25) is 0 Å². The first-order valence-electron chi connectivity index (χ1n) is 7.03. The second-order valence-corrected chi connectivity index (χ2v) is 5.14. The van der Waals surface area contributed by atoms with Gasteiger partial charge in [0.15, 0.2) is 0 Å². The Hall–Kier alpha value is -3.82. The Bertz CT molecular complexity index is 839. The smallest absolute Gasteiger partial charge is 0.271 e. The highest BCUT2D eigenvalue weighted by molar-refractivity contribution is 6.20. The van der Waals surface area contributed by atoms with Crippen LogP contribution in [0.25, 0.3) is 0 Å². The molecule has 0 saturated carbocycles. The molecular weight excluding hydrogens is 332 g/mol. The van der Waals surface area contributed by atoms with E-state index < -0.39 is 28.1 Å². The Morgan fingerprint density at radius 3 is 1.52 bits per heavy atom. The van der Waals surface area contributed by atoms with E-state index in [0.717, 1.165) is 22.2 Å². The maximum Gasteiger partial charge on any atom is 0.271 e. The van der Waals surface area contributed by atoms with Crippen molar-refractivity contribution >= 4 is 34.6 Å². The van der Waals surface area contributed by atoms with E-state index in [9.17, 15) is 29.8 Å². The third-order valence-corrected chi connectivity index (χ3v) is 3.55. The molecule has 0 bridgehead atoms. The van der Waals surface area contributed by atoms with E-state index in [1.165, 1.54) is 36.4 Å². The predicted molar refractivity (Wildman–Crippen MR) is 85.8 cm³/mol. The van der Waals surface area contributed by atoms with Crippen LogP contribution >= 0.6 is 0 Å². The number of hydrogen-bond donors (Lipinski definition) is 0. The molecule has 2 aromatic rings. The summed E-state index contributed by atoms with van der Waals surface area (Å²) in [5.74, 6) is -1.17. The molecule has 0 aromatic heterocycles. The van der Waals surface area contributed by atoms with Crippen LogP contribution in [0.3, 0.4) is 0 Å². The number of nitro groups is 2. The minimum Gasteiger partial charge on any atom is -0.272 e. The number of amides is 2. The first-order valence-corrected chi connectivity index (χ1v) is 7.03. The average molecular weight is 342 g/mol. The summed E-state index contributed by atoms with van der Waals surface area (Å²) in [6, 6.07) is 10.5. The number of rotatable bonds is 4. The van der Waals surface area contributed by atoms with E-state index in [1.807, 2.05) is 0 Å². The van der Waals surface area contributed by atoms with Crippen molar-refractivity contribution in [2.75, 3.05) is 10.0 Å². The van der Waals surface area contributed by atoms with Crippen molar-refractivity contribution in [1.82, 2.24) is 0 Å². The van der Waals surface area contributed by atoms with E-state index in [-0.39, 0.29) is 22.7 Å². The van der Waals surface area contributed by atoms with Crippen molar-refractivity contribution in [3.05, 3.63) is 68.8 Å². The van der Waals surface area contributed by atoms with Gasteiger partial charge in [0.2, 0.25) is 0 Å². The SMILES string of the molecule is O=C1CC(=O)N(c2cccc([N+](=O)[O-])c2)N1c1cccc([N+](=O)[O-])c1. The van der Waals surface area contributed by atoms with Crippen molar-refractivity contribution in [3.63, 3.8) is 0 Å². The Labute approximate surface area is 140 Å². The molecule has 0 aliphatic carbocycles. The molecule has 3 rings (SSSR count). The van der Waals surface area contributed by atoms with E-state index >= 15 is 0 Å². The second kappa shape index (κ2) is 6.00. The lowest BCUT2D eigenvalue weighted by molar-refractivity contribution is -0.385. The van der Waals surface area contributed by atoms with Gasteiger partial charge in [-0.1, -0.05) is 12.1 Å². The van der Waals surface area contributed by atoms with Crippen molar-refractivity contribution < 1.29 is 19.4 Å². The number of anilines is 2. The lowest BCUT2D eigenvalue weighted by atomic mass is 10.2. The lowest BCUT2D eigenvalue weighted by Crippen LogP contribution is -2.41. The third-order valence-electron chi connectivity index (χ3n) is 3.55. The maximum atomic E-state index is 12.2. The Morgan fingerprint density at radius 1 is 0.760 bits per heavy atom. The number of carbonyl (C=O) groups excluding carboxylic acids is 2. The fraction of sp³-hybridized carbons (Fsp3) is 0.0667. The molecule has 1 aliphatic heterocycles. The molecule has 1 fully saturated rings. The van der Waals surface area contributed by atoms with Crippen molar-refractivity contribution in [1.29, 1.82) is 0 Å². The number of nitro benzene ring substituents is 2. The molecule has 0 spiro atoms. The molecule has 2 aromatic carbocycles. The normalized spacial score (nSPS) is 14.1.